The van der Waals surface area contributed by atoms with Gasteiger partial charge >= 0.3 is 0 Å². The molecule has 2 aromatic rings. The van der Waals surface area contributed by atoms with Crippen LogP contribution in [0.1, 0.15) is 29.3 Å². The molecule has 0 aliphatic heterocycles. The second-order valence-electron chi connectivity index (χ2n) is 5.60. The summed E-state index contributed by atoms with van der Waals surface area (Å²) in [6.45, 7) is 2.60. The summed E-state index contributed by atoms with van der Waals surface area (Å²) >= 11 is 0. The molecule has 0 bridgehead atoms. The molecule has 2 aromatic carbocycles. The maximum absolute atomic E-state index is 12.2. The number of hydrogen-bond donors (Lipinski definition) is 1. The van der Waals surface area contributed by atoms with Crippen molar-refractivity contribution in [3.8, 4) is 17.2 Å². The van der Waals surface area contributed by atoms with Crippen LogP contribution in [0.5, 0.6) is 17.2 Å². The Kier molecular flexibility index (Phi) is 7.32. The van der Waals surface area contributed by atoms with Gasteiger partial charge in [0.25, 0.3) is 11.6 Å². The van der Waals surface area contributed by atoms with E-state index in [1.54, 1.807) is 24.3 Å². The Bertz CT molecular complexity index is 865. The molecular formula is C19H21N3O6. The van der Waals surface area contributed by atoms with Crippen LogP contribution in [-0.2, 0) is 0 Å². The highest BCUT2D eigenvalue weighted by Gasteiger charge is 2.18. The standard InChI is InChI=1S/C19H21N3O6/c1-4-9-28-15-7-5-13(6-8-15)19(23)21-20-12-14-10-17(26-2)18(27-3)11-16(14)22(24)25/h5-8,10-12H,4,9H2,1-3H3,(H,21,23)/b20-12+. The van der Waals surface area contributed by atoms with E-state index in [1.807, 2.05) is 6.92 Å². The van der Waals surface area contributed by atoms with Crippen molar-refractivity contribution in [1.82, 2.24) is 5.43 Å². The molecule has 9 heteroatoms. The van der Waals surface area contributed by atoms with Gasteiger partial charge in [0.05, 0.1) is 43.6 Å². The highest BCUT2D eigenvalue weighted by atomic mass is 16.6. The van der Waals surface area contributed by atoms with E-state index in [2.05, 4.69) is 10.5 Å². The Balaban J connectivity index is 2.13. The lowest BCUT2D eigenvalue weighted by Gasteiger charge is -2.08. The van der Waals surface area contributed by atoms with Crippen LogP contribution in [0.2, 0.25) is 0 Å². The third kappa shape index (κ3) is 5.19. The summed E-state index contributed by atoms with van der Waals surface area (Å²) in [5.41, 5.74) is 2.64. The first-order valence-corrected chi connectivity index (χ1v) is 8.46. The average molecular weight is 387 g/mol. The van der Waals surface area contributed by atoms with Crippen molar-refractivity contribution < 1.29 is 23.9 Å². The average Bonchev–Trinajstić information content (AvgIpc) is 2.71. The fraction of sp³-hybridized carbons (Fsp3) is 0.263. The zero-order valence-electron chi connectivity index (χ0n) is 15.8. The summed E-state index contributed by atoms with van der Waals surface area (Å²) in [6, 6.07) is 9.23. The summed E-state index contributed by atoms with van der Waals surface area (Å²) in [7, 11) is 2.80. The van der Waals surface area contributed by atoms with Crippen LogP contribution in [0.15, 0.2) is 41.5 Å². The van der Waals surface area contributed by atoms with E-state index in [1.165, 1.54) is 32.6 Å². The van der Waals surface area contributed by atoms with Crippen molar-refractivity contribution in [2.45, 2.75) is 13.3 Å². The highest BCUT2D eigenvalue weighted by Crippen LogP contribution is 2.33. The molecule has 0 aliphatic rings. The molecule has 0 saturated heterocycles. The van der Waals surface area contributed by atoms with E-state index < -0.39 is 10.8 Å². The van der Waals surface area contributed by atoms with Gasteiger partial charge in [-0.1, -0.05) is 6.92 Å². The number of nitrogens with one attached hydrogen (secondary N) is 1. The third-order valence-corrected chi connectivity index (χ3v) is 3.69. The van der Waals surface area contributed by atoms with Crippen molar-refractivity contribution in [3.05, 3.63) is 57.6 Å². The minimum Gasteiger partial charge on any atom is -0.494 e. The molecule has 2 rings (SSSR count). The minimum absolute atomic E-state index is 0.159. The van der Waals surface area contributed by atoms with E-state index in [0.717, 1.165) is 6.42 Å². The van der Waals surface area contributed by atoms with Crippen LogP contribution < -0.4 is 19.6 Å². The predicted molar refractivity (Wildman–Crippen MR) is 103 cm³/mol. The van der Waals surface area contributed by atoms with Gasteiger partial charge < -0.3 is 14.2 Å². The number of nitro benzene ring substituents is 1. The Morgan fingerprint density at radius 3 is 2.39 bits per heavy atom. The number of nitro groups is 1. The van der Waals surface area contributed by atoms with Crippen LogP contribution in [0.3, 0.4) is 0 Å². The highest BCUT2D eigenvalue weighted by molar-refractivity contribution is 5.95. The molecule has 0 aliphatic carbocycles. The molecule has 1 N–H and O–H groups in total. The quantitative estimate of drug-likeness (QED) is 0.402. The SMILES string of the molecule is CCCOc1ccc(C(=O)N/N=C/c2cc(OC)c(OC)cc2[N+](=O)[O-])cc1. The summed E-state index contributed by atoms with van der Waals surface area (Å²) in [6.07, 6.45) is 2.07. The fourth-order valence-corrected chi connectivity index (χ4v) is 2.29. The fourth-order valence-electron chi connectivity index (χ4n) is 2.29. The normalized spacial score (nSPS) is 10.5. The molecular weight excluding hydrogens is 366 g/mol. The molecule has 0 radical (unpaired) electrons. The monoisotopic (exact) mass is 387 g/mol. The van der Waals surface area contributed by atoms with Crippen LogP contribution >= 0.6 is 0 Å². The van der Waals surface area contributed by atoms with Crippen molar-refractivity contribution in [3.63, 3.8) is 0 Å². The lowest BCUT2D eigenvalue weighted by molar-refractivity contribution is -0.385. The first-order valence-electron chi connectivity index (χ1n) is 8.46. The van der Waals surface area contributed by atoms with Crippen molar-refractivity contribution >= 4 is 17.8 Å². The largest absolute Gasteiger partial charge is 0.494 e. The second-order valence-corrected chi connectivity index (χ2v) is 5.60. The number of carbonyl (C=O) groups excluding carboxylic acids is 1. The second kappa shape index (κ2) is 9.91. The molecule has 0 spiro atoms. The predicted octanol–water partition coefficient (Wildman–Crippen LogP) is 3.16. The van der Waals surface area contributed by atoms with Gasteiger partial charge in [-0.05, 0) is 36.8 Å². The first kappa shape index (κ1) is 20.7. The van der Waals surface area contributed by atoms with Crippen molar-refractivity contribution in [2.24, 2.45) is 5.10 Å². The van der Waals surface area contributed by atoms with Gasteiger partial charge in [0.1, 0.15) is 5.75 Å². The molecule has 0 saturated carbocycles. The molecule has 148 valence electrons. The Morgan fingerprint density at radius 2 is 1.82 bits per heavy atom. The molecule has 0 heterocycles. The smallest absolute Gasteiger partial charge is 0.282 e. The van der Waals surface area contributed by atoms with E-state index in [4.69, 9.17) is 14.2 Å². The number of hydrogen-bond acceptors (Lipinski definition) is 7. The molecule has 9 nitrogen and oxygen atoms in total. The van der Waals surface area contributed by atoms with Gasteiger partial charge in [-0.2, -0.15) is 5.10 Å². The number of nitrogens with zero attached hydrogens (tertiary/aromatic N) is 2. The van der Waals surface area contributed by atoms with E-state index in [9.17, 15) is 14.9 Å². The van der Waals surface area contributed by atoms with Crippen LogP contribution in [0, 0.1) is 10.1 Å². The van der Waals surface area contributed by atoms with Crippen molar-refractivity contribution in [2.75, 3.05) is 20.8 Å². The zero-order chi connectivity index (χ0) is 20.5. The summed E-state index contributed by atoms with van der Waals surface area (Å²) < 4.78 is 15.7. The Hall–Kier alpha value is -3.62. The Labute approximate surface area is 162 Å². The number of hydrazone groups is 1. The topological polar surface area (TPSA) is 112 Å². The van der Waals surface area contributed by atoms with Gasteiger partial charge in [0.15, 0.2) is 11.5 Å². The number of benzene rings is 2. The molecule has 0 unspecified atom stereocenters. The number of rotatable bonds is 9. The van der Waals surface area contributed by atoms with E-state index in [-0.39, 0.29) is 17.0 Å². The van der Waals surface area contributed by atoms with E-state index in [0.29, 0.717) is 23.7 Å². The van der Waals surface area contributed by atoms with Gasteiger partial charge in [-0.15, -0.1) is 0 Å². The number of amides is 1. The lowest BCUT2D eigenvalue weighted by atomic mass is 10.1. The summed E-state index contributed by atoms with van der Waals surface area (Å²) in [4.78, 5) is 22.9. The summed E-state index contributed by atoms with van der Waals surface area (Å²) in [5.74, 6) is 0.744. The molecule has 0 fully saturated rings. The minimum atomic E-state index is -0.569. The van der Waals surface area contributed by atoms with Gasteiger partial charge in [-0.3, -0.25) is 14.9 Å². The third-order valence-electron chi connectivity index (χ3n) is 3.69. The van der Waals surface area contributed by atoms with Gasteiger partial charge in [0.2, 0.25) is 0 Å². The van der Waals surface area contributed by atoms with Gasteiger partial charge in [0, 0.05) is 5.56 Å². The number of ether oxygens (including phenoxy) is 3. The van der Waals surface area contributed by atoms with Gasteiger partial charge in [-0.25, -0.2) is 5.43 Å². The molecule has 0 aromatic heterocycles. The number of methoxy groups -OCH3 is 2. The number of carbonyl (C=O) groups is 1. The van der Waals surface area contributed by atoms with Crippen LogP contribution in [-0.4, -0.2) is 37.9 Å². The van der Waals surface area contributed by atoms with E-state index >= 15 is 0 Å². The zero-order valence-corrected chi connectivity index (χ0v) is 15.8. The first-order chi connectivity index (χ1) is 13.5. The van der Waals surface area contributed by atoms with Crippen LogP contribution in [0.25, 0.3) is 0 Å². The lowest BCUT2D eigenvalue weighted by Crippen LogP contribution is -2.17. The summed E-state index contributed by atoms with van der Waals surface area (Å²) in [5, 5.41) is 15.1. The maximum atomic E-state index is 12.2. The molecule has 28 heavy (non-hydrogen) atoms. The maximum Gasteiger partial charge on any atom is 0.282 e. The molecule has 0 atom stereocenters. The molecule has 1 amide bonds. The Morgan fingerprint density at radius 1 is 1.18 bits per heavy atom. The van der Waals surface area contributed by atoms with Crippen LogP contribution in [0.4, 0.5) is 5.69 Å². The van der Waals surface area contributed by atoms with Crippen molar-refractivity contribution in [1.29, 1.82) is 0 Å².